The summed E-state index contributed by atoms with van der Waals surface area (Å²) in [7, 11) is 0. The molecule has 0 aromatic heterocycles. The van der Waals surface area contributed by atoms with Gasteiger partial charge in [-0.15, -0.1) is 0 Å². The lowest BCUT2D eigenvalue weighted by molar-refractivity contribution is -0.263. The summed E-state index contributed by atoms with van der Waals surface area (Å²) >= 11 is 0. The first kappa shape index (κ1) is 49.0. The van der Waals surface area contributed by atoms with E-state index >= 15 is 17.6 Å². The van der Waals surface area contributed by atoms with Gasteiger partial charge in [0.2, 0.25) is 17.0 Å². The van der Waals surface area contributed by atoms with Crippen molar-refractivity contribution in [1.82, 2.24) is 0 Å². The van der Waals surface area contributed by atoms with Crippen molar-refractivity contribution in [3.63, 3.8) is 0 Å². The topological polar surface area (TPSA) is 216 Å². The van der Waals surface area contributed by atoms with Crippen molar-refractivity contribution < 1.29 is 90.1 Å². The molecule has 298 valence electrons. The van der Waals surface area contributed by atoms with Gasteiger partial charge in [0, 0.05) is 12.8 Å². The Morgan fingerprint density at radius 2 is 0.925 bits per heavy atom. The van der Waals surface area contributed by atoms with Crippen LogP contribution in [0.2, 0.25) is 0 Å². The van der Waals surface area contributed by atoms with Crippen LogP contribution in [0.3, 0.4) is 0 Å². The van der Waals surface area contributed by atoms with Crippen LogP contribution in [0.4, 0.5) is 30.7 Å². The van der Waals surface area contributed by atoms with Crippen LogP contribution in [0.5, 0.6) is 0 Å². The molecule has 12 nitrogen and oxygen atoms in total. The van der Waals surface area contributed by atoms with E-state index in [1.807, 2.05) is 0 Å². The lowest BCUT2D eigenvalue weighted by Gasteiger charge is -2.58. The molecule has 0 saturated heterocycles. The van der Waals surface area contributed by atoms with Gasteiger partial charge in [-0.05, 0) is 43.2 Å². The fraction of sp³-hybridized carbons (Fsp3) is 0.500. The second-order valence-corrected chi connectivity index (χ2v) is 11.8. The molecule has 0 aliphatic heterocycles. The highest BCUT2D eigenvalue weighted by Crippen LogP contribution is 2.58. The van der Waals surface area contributed by atoms with Crippen molar-refractivity contribution in [2.24, 2.45) is 10.8 Å². The second kappa shape index (κ2) is 18.9. The van der Waals surface area contributed by atoms with Gasteiger partial charge in [-0.25, -0.2) is 8.78 Å². The SMILES string of the molecule is C=CC(=O)C(O)(C(=O)C=C)C(CO)(C(O)(C(=O)C=C)C(F)=C(F)C(F)(F)CCCCCC(F)(F)F)C(OCC(CO)(CO)CO)(C(=O)C=C)C(=O)C=C. The molecule has 0 radical (unpaired) electrons. The zero-order valence-corrected chi connectivity index (χ0v) is 28.3. The summed E-state index contributed by atoms with van der Waals surface area (Å²) < 4.78 is 106. The summed E-state index contributed by atoms with van der Waals surface area (Å²) in [5.74, 6) is -23.6. The number of carbonyl (C=O) groups is 5. The minimum atomic E-state index is -5.28. The number of allylic oxidation sites excluding steroid dienone is 1. The number of hydrogen-bond donors (Lipinski definition) is 6. The van der Waals surface area contributed by atoms with Crippen LogP contribution >= 0.6 is 0 Å². The van der Waals surface area contributed by atoms with Crippen LogP contribution in [0.15, 0.2) is 74.9 Å². The Kier molecular flexibility index (Phi) is 17.4. The smallest absolute Gasteiger partial charge is 0.389 e. The minimum Gasteiger partial charge on any atom is -0.396 e. The number of ketones is 5. The fourth-order valence-electron chi connectivity index (χ4n) is 5.52. The Hall–Kier alpha value is -3.98. The van der Waals surface area contributed by atoms with Gasteiger partial charge in [0.05, 0.1) is 38.4 Å². The maximum Gasteiger partial charge on any atom is 0.389 e. The molecule has 0 aliphatic carbocycles. The van der Waals surface area contributed by atoms with Crippen LogP contribution in [0.25, 0.3) is 0 Å². The summed E-state index contributed by atoms with van der Waals surface area (Å²) in [6.07, 6.45) is -10.6. The van der Waals surface area contributed by atoms with Crippen molar-refractivity contribution >= 4 is 28.9 Å². The summed E-state index contributed by atoms with van der Waals surface area (Å²) in [5, 5.41) is 65.2. The molecule has 0 bridgehead atoms. The van der Waals surface area contributed by atoms with E-state index in [4.69, 9.17) is 4.74 Å². The van der Waals surface area contributed by atoms with Crippen molar-refractivity contribution in [2.45, 2.75) is 61.0 Å². The average Bonchev–Trinajstić information content (AvgIpc) is 3.14. The zero-order valence-electron chi connectivity index (χ0n) is 28.3. The van der Waals surface area contributed by atoms with Crippen LogP contribution < -0.4 is 0 Å². The normalized spacial score (nSPS) is 15.6. The van der Waals surface area contributed by atoms with Crippen molar-refractivity contribution in [3.8, 4) is 0 Å². The largest absolute Gasteiger partial charge is 0.396 e. The molecule has 2 atom stereocenters. The molecule has 0 aromatic carbocycles. The molecule has 0 fully saturated rings. The van der Waals surface area contributed by atoms with Crippen molar-refractivity contribution in [1.29, 1.82) is 0 Å². The third kappa shape index (κ3) is 8.72. The van der Waals surface area contributed by atoms with E-state index in [9.17, 15) is 67.8 Å². The number of alkyl halides is 5. The minimum absolute atomic E-state index is 0.0217. The molecule has 0 saturated carbocycles. The van der Waals surface area contributed by atoms with Gasteiger partial charge in [-0.2, -0.15) is 22.0 Å². The highest BCUT2D eigenvalue weighted by Gasteiger charge is 2.83. The molecule has 0 heterocycles. The molecule has 6 N–H and O–H groups in total. The van der Waals surface area contributed by atoms with Crippen LogP contribution in [0, 0.1) is 10.8 Å². The molecule has 0 spiro atoms. The number of rotatable bonds is 27. The Morgan fingerprint density at radius 3 is 1.26 bits per heavy atom. The van der Waals surface area contributed by atoms with Crippen molar-refractivity contribution in [2.75, 3.05) is 33.0 Å². The predicted octanol–water partition coefficient (Wildman–Crippen LogP) is 2.22. The van der Waals surface area contributed by atoms with E-state index < -0.39 is 145 Å². The molecule has 53 heavy (non-hydrogen) atoms. The fourth-order valence-corrected chi connectivity index (χ4v) is 5.52. The van der Waals surface area contributed by atoms with Gasteiger partial charge in [0.25, 0.3) is 0 Å². The number of aliphatic hydroxyl groups excluding tert-OH is 4. The van der Waals surface area contributed by atoms with E-state index in [1.54, 1.807) is 0 Å². The number of ether oxygens (including phenoxy) is 1. The molecular weight excluding hydrogens is 733 g/mol. The van der Waals surface area contributed by atoms with E-state index in [-0.39, 0.29) is 30.4 Å². The number of halogens is 7. The second-order valence-electron chi connectivity index (χ2n) is 11.8. The molecule has 0 aliphatic rings. The lowest BCUT2D eigenvalue weighted by atomic mass is 9.47. The molecule has 2 unspecified atom stereocenters. The zero-order chi connectivity index (χ0) is 41.9. The quantitative estimate of drug-likeness (QED) is 0.0307. The van der Waals surface area contributed by atoms with Crippen LogP contribution in [-0.2, 0) is 28.7 Å². The number of hydrogen-bond acceptors (Lipinski definition) is 12. The van der Waals surface area contributed by atoms with E-state index in [0.717, 1.165) is 0 Å². The summed E-state index contributed by atoms with van der Waals surface area (Å²) in [4.78, 5) is 68.9. The lowest BCUT2D eigenvalue weighted by Crippen LogP contribution is -2.83. The van der Waals surface area contributed by atoms with Gasteiger partial charge >= 0.3 is 12.1 Å². The summed E-state index contributed by atoms with van der Waals surface area (Å²) in [6, 6.07) is 0. The Morgan fingerprint density at radius 1 is 0.547 bits per heavy atom. The third-order valence-electron chi connectivity index (χ3n) is 8.65. The first-order chi connectivity index (χ1) is 24.4. The monoisotopic (exact) mass is 774 g/mol. The predicted molar refractivity (Wildman–Crippen MR) is 171 cm³/mol. The van der Waals surface area contributed by atoms with E-state index in [2.05, 4.69) is 32.9 Å². The van der Waals surface area contributed by atoms with Crippen LogP contribution in [0.1, 0.15) is 32.1 Å². The number of carbonyl (C=O) groups excluding carboxylic acids is 5. The average molecular weight is 775 g/mol. The maximum atomic E-state index is 16.8. The molecule has 0 amide bonds. The van der Waals surface area contributed by atoms with Gasteiger partial charge in [0.15, 0.2) is 40.3 Å². The Balaban J connectivity index is 9.11. The van der Waals surface area contributed by atoms with Gasteiger partial charge in [-0.3, -0.25) is 24.0 Å². The van der Waals surface area contributed by atoms with Crippen molar-refractivity contribution in [3.05, 3.63) is 74.9 Å². The Bertz CT molecular complexity index is 1430. The molecular formula is C34H41F7O12. The van der Waals surface area contributed by atoms with E-state index in [1.165, 1.54) is 0 Å². The van der Waals surface area contributed by atoms with Gasteiger partial charge in [0.1, 0.15) is 5.41 Å². The number of aliphatic hydroxyl groups is 6. The highest BCUT2D eigenvalue weighted by molar-refractivity contribution is 6.26. The first-order valence-electron chi connectivity index (χ1n) is 15.3. The molecule has 0 aromatic rings. The standard InChI is InChI=1S/C34H41F7O12/c1-6-21(46)32(51,22(47)7-2)30(19-45,34(24(49)9-4,25(50)10-5)53-20-28(16-42,17-43)18-44)33(52,23(48)8-3)27(36)26(35)29(37,38)14-12-11-13-15-31(39,40)41/h6-10,42-45,51-52H,1-5,11-20H2. The highest BCUT2D eigenvalue weighted by atomic mass is 19.4. The maximum absolute atomic E-state index is 16.8. The van der Waals surface area contributed by atoms with Gasteiger partial charge < -0.3 is 35.4 Å². The van der Waals surface area contributed by atoms with Crippen LogP contribution in [-0.4, -0.2) is 121 Å². The number of unbranched alkanes of at least 4 members (excludes halogenated alkanes) is 2. The Labute approximate surface area is 298 Å². The first-order valence-corrected chi connectivity index (χ1v) is 15.3. The van der Waals surface area contributed by atoms with E-state index in [0.29, 0.717) is 0 Å². The van der Waals surface area contributed by atoms with Gasteiger partial charge in [-0.1, -0.05) is 39.3 Å². The molecule has 0 rings (SSSR count). The summed E-state index contributed by atoms with van der Waals surface area (Å²) in [6.45, 7) is 6.66. The molecule has 19 heteroatoms. The summed E-state index contributed by atoms with van der Waals surface area (Å²) in [5.41, 5.74) is -21.8. The third-order valence-corrected chi connectivity index (χ3v) is 8.65.